The zero-order chi connectivity index (χ0) is 22.4. The lowest BCUT2D eigenvalue weighted by molar-refractivity contribution is 0.669. The van der Waals surface area contributed by atoms with Crippen LogP contribution >= 0.6 is 27.5 Å². The Kier molecular flexibility index (Phi) is 5.05. The molecule has 0 amide bonds. The van der Waals surface area contributed by atoms with Crippen LogP contribution < -0.4 is 0 Å². The van der Waals surface area contributed by atoms with E-state index in [9.17, 15) is 0 Å². The van der Waals surface area contributed by atoms with Crippen LogP contribution in [0.5, 0.6) is 0 Å². The lowest BCUT2D eigenvalue weighted by Crippen LogP contribution is -1.86. The van der Waals surface area contributed by atoms with Gasteiger partial charge in [0.1, 0.15) is 11.2 Å². The molecule has 0 radical (unpaired) electrons. The predicted molar refractivity (Wildman–Crippen MR) is 143 cm³/mol. The van der Waals surface area contributed by atoms with Gasteiger partial charge in [-0.2, -0.15) is 0 Å². The van der Waals surface area contributed by atoms with Gasteiger partial charge in [-0.1, -0.05) is 100 Å². The third kappa shape index (κ3) is 3.66. The fourth-order valence-electron chi connectivity index (χ4n) is 4.42. The number of hydrogen-bond donors (Lipinski definition) is 0. The normalized spacial score (nSPS) is 11.3. The molecule has 1 aromatic heterocycles. The lowest BCUT2D eigenvalue weighted by atomic mass is 9.93. The van der Waals surface area contributed by atoms with Gasteiger partial charge >= 0.3 is 0 Å². The van der Waals surface area contributed by atoms with Crippen molar-refractivity contribution in [2.75, 3.05) is 0 Å². The second kappa shape index (κ2) is 8.22. The highest BCUT2D eigenvalue weighted by atomic mass is 79.9. The summed E-state index contributed by atoms with van der Waals surface area (Å²) in [6.07, 6.45) is 0. The van der Waals surface area contributed by atoms with Gasteiger partial charge in [0.2, 0.25) is 0 Å². The molecule has 0 unspecified atom stereocenters. The van der Waals surface area contributed by atoms with E-state index in [2.05, 4.69) is 88.7 Å². The first-order valence-corrected chi connectivity index (χ1v) is 11.9. The Morgan fingerprint density at radius 2 is 1.15 bits per heavy atom. The van der Waals surface area contributed by atoms with Crippen LogP contribution in [0, 0.1) is 0 Å². The monoisotopic (exact) mass is 508 g/mol. The minimum atomic E-state index is 0.749. The highest BCUT2D eigenvalue weighted by Crippen LogP contribution is 2.39. The second-order valence-electron chi connectivity index (χ2n) is 8.06. The number of rotatable bonds is 3. The molecule has 1 heterocycles. The fourth-order valence-corrected chi connectivity index (χ4v) is 5.11. The third-order valence-corrected chi connectivity index (χ3v) is 6.97. The Labute approximate surface area is 205 Å². The molecule has 158 valence electrons. The Balaban J connectivity index is 1.45. The van der Waals surface area contributed by atoms with Crippen LogP contribution in [0.4, 0.5) is 0 Å². The minimum absolute atomic E-state index is 0.749. The van der Waals surface area contributed by atoms with E-state index in [0.29, 0.717) is 0 Å². The van der Waals surface area contributed by atoms with Gasteiger partial charge in [0.05, 0.1) is 0 Å². The average Bonchev–Trinajstić information content (AvgIpc) is 3.24. The maximum Gasteiger partial charge on any atom is 0.136 e. The van der Waals surface area contributed by atoms with Gasteiger partial charge in [0, 0.05) is 20.3 Å². The van der Waals surface area contributed by atoms with E-state index in [1.807, 2.05) is 36.4 Å². The van der Waals surface area contributed by atoms with Crippen molar-refractivity contribution in [1.82, 2.24) is 0 Å². The highest BCUT2D eigenvalue weighted by Gasteiger charge is 2.13. The van der Waals surface area contributed by atoms with E-state index in [1.54, 1.807) is 0 Å². The van der Waals surface area contributed by atoms with E-state index in [1.165, 1.54) is 27.8 Å². The van der Waals surface area contributed by atoms with Crippen molar-refractivity contribution < 1.29 is 4.42 Å². The lowest BCUT2D eigenvalue weighted by Gasteiger charge is -2.11. The van der Waals surface area contributed by atoms with Gasteiger partial charge in [-0.3, -0.25) is 0 Å². The van der Waals surface area contributed by atoms with E-state index < -0.39 is 0 Å². The Morgan fingerprint density at radius 1 is 0.545 bits per heavy atom. The molecular formula is C30H18BrClO. The predicted octanol–water partition coefficient (Wildman–Crippen LogP) is 10.0. The number of fused-ring (bicyclic) bond motifs is 3. The van der Waals surface area contributed by atoms with Crippen molar-refractivity contribution in [3.63, 3.8) is 0 Å². The van der Waals surface area contributed by atoms with Gasteiger partial charge in [-0.05, 0) is 69.8 Å². The number of hydrogen-bond acceptors (Lipinski definition) is 1. The van der Waals surface area contributed by atoms with E-state index in [-0.39, 0.29) is 0 Å². The first-order chi connectivity index (χ1) is 16.2. The van der Waals surface area contributed by atoms with Crippen LogP contribution in [0.1, 0.15) is 0 Å². The number of furan rings is 1. The van der Waals surface area contributed by atoms with Crippen molar-refractivity contribution in [2.24, 2.45) is 0 Å². The van der Waals surface area contributed by atoms with Gasteiger partial charge in [-0.25, -0.2) is 0 Å². The molecule has 0 N–H and O–H groups in total. The Bertz CT molecular complexity index is 1610. The summed E-state index contributed by atoms with van der Waals surface area (Å²) in [4.78, 5) is 0. The van der Waals surface area contributed by atoms with Crippen molar-refractivity contribution in [3.05, 3.63) is 119 Å². The maximum atomic E-state index is 6.06. The van der Waals surface area contributed by atoms with Gasteiger partial charge in [0.15, 0.2) is 0 Å². The Hall–Kier alpha value is -3.33. The number of halogens is 2. The van der Waals surface area contributed by atoms with Crippen molar-refractivity contribution >= 4 is 49.5 Å². The topological polar surface area (TPSA) is 13.1 Å². The van der Waals surface area contributed by atoms with Gasteiger partial charge in [0.25, 0.3) is 0 Å². The summed E-state index contributed by atoms with van der Waals surface area (Å²) in [6, 6.07) is 37.7. The van der Waals surface area contributed by atoms with Crippen molar-refractivity contribution in [3.8, 4) is 33.4 Å². The van der Waals surface area contributed by atoms with Gasteiger partial charge in [-0.15, -0.1) is 0 Å². The Morgan fingerprint density at radius 3 is 1.88 bits per heavy atom. The van der Waals surface area contributed by atoms with Crippen LogP contribution in [-0.2, 0) is 0 Å². The molecule has 0 aliphatic rings. The van der Waals surface area contributed by atoms with Crippen LogP contribution in [0.15, 0.2) is 118 Å². The summed E-state index contributed by atoms with van der Waals surface area (Å²) in [5, 5.41) is 2.97. The summed E-state index contributed by atoms with van der Waals surface area (Å²) in [5.74, 6) is 0. The fraction of sp³-hybridized carbons (Fsp3) is 0. The second-order valence-corrected chi connectivity index (χ2v) is 9.35. The molecule has 1 nitrogen and oxygen atoms in total. The quantitative estimate of drug-likeness (QED) is 0.231. The molecule has 33 heavy (non-hydrogen) atoms. The smallest absolute Gasteiger partial charge is 0.136 e. The molecule has 0 bridgehead atoms. The molecule has 3 heteroatoms. The molecule has 0 spiro atoms. The molecule has 0 aliphatic carbocycles. The van der Waals surface area contributed by atoms with Crippen LogP contribution in [0.3, 0.4) is 0 Å². The molecule has 0 atom stereocenters. The molecule has 0 aliphatic heterocycles. The summed E-state index contributed by atoms with van der Waals surface area (Å²) < 4.78 is 7.11. The average molecular weight is 510 g/mol. The SMILES string of the molecule is Clc1ccc(-c2ccc(-c3ccccc3-c3ccc4oc5cccc(Br)c5c4c3)cc2)cc1. The van der Waals surface area contributed by atoms with Crippen molar-refractivity contribution in [1.29, 1.82) is 0 Å². The summed E-state index contributed by atoms with van der Waals surface area (Å²) in [5.41, 5.74) is 8.85. The largest absolute Gasteiger partial charge is 0.456 e. The van der Waals surface area contributed by atoms with Crippen LogP contribution in [0.25, 0.3) is 55.3 Å². The van der Waals surface area contributed by atoms with Crippen molar-refractivity contribution in [2.45, 2.75) is 0 Å². The first kappa shape index (κ1) is 20.3. The minimum Gasteiger partial charge on any atom is -0.456 e. The van der Waals surface area contributed by atoms with Crippen LogP contribution in [-0.4, -0.2) is 0 Å². The zero-order valence-corrected chi connectivity index (χ0v) is 19.9. The third-order valence-electron chi connectivity index (χ3n) is 6.06. The van der Waals surface area contributed by atoms with E-state index in [4.69, 9.17) is 16.0 Å². The molecular weight excluding hydrogens is 492 g/mol. The van der Waals surface area contributed by atoms with Crippen LogP contribution in [0.2, 0.25) is 5.02 Å². The summed E-state index contributed by atoms with van der Waals surface area (Å²) in [6.45, 7) is 0. The maximum absolute atomic E-state index is 6.06. The zero-order valence-electron chi connectivity index (χ0n) is 17.6. The molecule has 0 fully saturated rings. The standard InChI is InChI=1S/C30H18BrClO/c31-27-6-3-7-29-30(27)26-18-22(14-17-28(26)33-29)25-5-2-1-4-24(25)21-10-8-19(9-11-21)20-12-15-23(32)16-13-20/h1-18H. The summed E-state index contributed by atoms with van der Waals surface area (Å²) in [7, 11) is 0. The molecule has 5 aromatic carbocycles. The summed E-state index contributed by atoms with van der Waals surface area (Å²) >= 11 is 9.73. The molecule has 0 saturated heterocycles. The van der Waals surface area contributed by atoms with Gasteiger partial charge < -0.3 is 4.42 Å². The molecule has 0 saturated carbocycles. The van der Waals surface area contributed by atoms with E-state index in [0.717, 1.165) is 37.0 Å². The first-order valence-electron chi connectivity index (χ1n) is 10.7. The highest BCUT2D eigenvalue weighted by molar-refractivity contribution is 9.10. The number of benzene rings is 5. The molecule has 6 aromatic rings. The molecule has 6 rings (SSSR count). The van der Waals surface area contributed by atoms with E-state index >= 15 is 0 Å².